The van der Waals surface area contributed by atoms with Gasteiger partial charge in [-0.1, -0.05) is 37.0 Å². The molecule has 2 fully saturated rings. The number of aliphatic hydroxyl groups is 1. The Morgan fingerprint density at radius 3 is 2.42 bits per heavy atom. The lowest BCUT2D eigenvalue weighted by Crippen LogP contribution is -2.45. The van der Waals surface area contributed by atoms with E-state index in [4.69, 9.17) is 4.74 Å². The van der Waals surface area contributed by atoms with Gasteiger partial charge in [-0.2, -0.15) is 0 Å². The highest BCUT2D eigenvalue weighted by Gasteiger charge is 2.34. The number of hydrogen-bond donors (Lipinski definition) is 1. The van der Waals surface area contributed by atoms with E-state index in [9.17, 15) is 9.90 Å². The first-order chi connectivity index (χ1) is 11.5. The minimum atomic E-state index is -0.759. The van der Waals surface area contributed by atoms with Crippen molar-refractivity contribution in [1.82, 2.24) is 4.90 Å². The fourth-order valence-corrected chi connectivity index (χ4v) is 3.81. The second-order valence-corrected chi connectivity index (χ2v) is 7.47. The standard InChI is InChI=1S/C20H29NO3/c1-16-5-7-17(8-6-16)24-18-9-13-21(14-10-18)19(22)15-20(23)11-3-2-4-12-20/h5-8,18,23H,2-4,9-15H2,1H3. The monoisotopic (exact) mass is 331 g/mol. The van der Waals surface area contributed by atoms with E-state index >= 15 is 0 Å². The molecule has 2 aliphatic rings. The van der Waals surface area contributed by atoms with E-state index in [0.29, 0.717) is 0 Å². The molecule has 1 heterocycles. The minimum absolute atomic E-state index is 0.105. The van der Waals surface area contributed by atoms with Crippen LogP contribution in [0.4, 0.5) is 0 Å². The van der Waals surface area contributed by atoms with Crippen LogP contribution in [0.3, 0.4) is 0 Å². The molecule has 0 unspecified atom stereocenters. The van der Waals surface area contributed by atoms with Crippen molar-refractivity contribution in [2.75, 3.05) is 13.1 Å². The van der Waals surface area contributed by atoms with Crippen LogP contribution in [0, 0.1) is 6.92 Å². The summed E-state index contributed by atoms with van der Waals surface area (Å²) < 4.78 is 6.02. The molecule has 132 valence electrons. The van der Waals surface area contributed by atoms with Crippen LogP contribution in [0.5, 0.6) is 5.75 Å². The second kappa shape index (κ2) is 7.56. The number of carbonyl (C=O) groups is 1. The van der Waals surface area contributed by atoms with Crippen molar-refractivity contribution in [2.24, 2.45) is 0 Å². The van der Waals surface area contributed by atoms with Crippen LogP contribution in [0.2, 0.25) is 0 Å². The normalized spacial score (nSPS) is 21.5. The lowest BCUT2D eigenvalue weighted by molar-refractivity contribution is -0.139. The van der Waals surface area contributed by atoms with Gasteiger partial charge in [-0.3, -0.25) is 4.79 Å². The number of piperidine rings is 1. The van der Waals surface area contributed by atoms with Crippen molar-refractivity contribution in [1.29, 1.82) is 0 Å². The van der Waals surface area contributed by atoms with E-state index < -0.39 is 5.60 Å². The summed E-state index contributed by atoms with van der Waals surface area (Å²) >= 11 is 0. The van der Waals surface area contributed by atoms with Crippen LogP contribution >= 0.6 is 0 Å². The van der Waals surface area contributed by atoms with Crippen LogP contribution in [0.25, 0.3) is 0 Å². The summed E-state index contributed by atoms with van der Waals surface area (Å²) in [5.74, 6) is 1.01. The van der Waals surface area contributed by atoms with Gasteiger partial charge >= 0.3 is 0 Å². The second-order valence-electron chi connectivity index (χ2n) is 7.47. The summed E-state index contributed by atoms with van der Waals surface area (Å²) in [6, 6.07) is 8.12. The average molecular weight is 331 g/mol. The molecule has 3 rings (SSSR count). The molecule has 24 heavy (non-hydrogen) atoms. The summed E-state index contributed by atoms with van der Waals surface area (Å²) in [5, 5.41) is 10.6. The van der Waals surface area contributed by atoms with Crippen molar-refractivity contribution in [3.63, 3.8) is 0 Å². The number of carbonyl (C=O) groups excluding carboxylic acids is 1. The quantitative estimate of drug-likeness (QED) is 0.919. The molecule has 1 aliphatic carbocycles. The molecule has 0 radical (unpaired) electrons. The average Bonchev–Trinajstić information content (AvgIpc) is 2.58. The van der Waals surface area contributed by atoms with Crippen LogP contribution in [0.1, 0.15) is 56.9 Å². The highest BCUT2D eigenvalue weighted by molar-refractivity contribution is 5.77. The minimum Gasteiger partial charge on any atom is -0.490 e. The van der Waals surface area contributed by atoms with Crippen LogP contribution < -0.4 is 4.74 Å². The number of aryl methyl sites for hydroxylation is 1. The first-order valence-corrected chi connectivity index (χ1v) is 9.28. The van der Waals surface area contributed by atoms with Crippen molar-refractivity contribution < 1.29 is 14.6 Å². The Hall–Kier alpha value is -1.55. The van der Waals surface area contributed by atoms with E-state index in [0.717, 1.165) is 57.4 Å². The van der Waals surface area contributed by atoms with Crippen molar-refractivity contribution in [3.8, 4) is 5.75 Å². The zero-order valence-corrected chi connectivity index (χ0v) is 14.7. The fraction of sp³-hybridized carbons (Fsp3) is 0.650. The molecule has 0 aromatic heterocycles. The Kier molecular flexibility index (Phi) is 5.44. The third-order valence-corrected chi connectivity index (χ3v) is 5.38. The van der Waals surface area contributed by atoms with E-state index in [-0.39, 0.29) is 18.4 Å². The summed E-state index contributed by atoms with van der Waals surface area (Å²) in [6.45, 7) is 3.52. The van der Waals surface area contributed by atoms with Gasteiger partial charge in [0.05, 0.1) is 12.0 Å². The summed E-state index contributed by atoms with van der Waals surface area (Å²) in [6.07, 6.45) is 6.98. The van der Waals surface area contributed by atoms with Gasteiger partial charge in [0.15, 0.2) is 0 Å². The molecule has 0 atom stereocenters. The Bertz CT molecular complexity index is 541. The predicted molar refractivity (Wildman–Crippen MR) is 94.1 cm³/mol. The van der Waals surface area contributed by atoms with E-state index in [1.807, 2.05) is 17.0 Å². The van der Waals surface area contributed by atoms with Gasteiger partial charge in [0.1, 0.15) is 11.9 Å². The molecule has 1 amide bonds. The maximum atomic E-state index is 12.5. The topological polar surface area (TPSA) is 49.8 Å². The molecule has 4 heteroatoms. The summed E-state index contributed by atoms with van der Waals surface area (Å²) in [5.41, 5.74) is 0.466. The Morgan fingerprint density at radius 2 is 1.79 bits per heavy atom. The van der Waals surface area contributed by atoms with Gasteiger partial charge in [-0.25, -0.2) is 0 Å². The number of benzene rings is 1. The zero-order chi connectivity index (χ0) is 17.0. The molecular formula is C20H29NO3. The number of ether oxygens (including phenoxy) is 1. The molecule has 1 aromatic carbocycles. The number of hydrogen-bond acceptors (Lipinski definition) is 3. The van der Waals surface area contributed by atoms with Gasteiger partial charge in [0, 0.05) is 25.9 Å². The van der Waals surface area contributed by atoms with Gasteiger partial charge < -0.3 is 14.7 Å². The van der Waals surface area contributed by atoms with Crippen molar-refractivity contribution in [2.45, 2.75) is 70.0 Å². The SMILES string of the molecule is Cc1ccc(OC2CCN(C(=O)CC3(O)CCCCC3)CC2)cc1. The molecule has 0 spiro atoms. The summed E-state index contributed by atoms with van der Waals surface area (Å²) in [7, 11) is 0. The maximum Gasteiger partial charge on any atom is 0.225 e. The van der Waals surface area contributed by atoms with Gasteiger partial charge in [-0.15, -0.1) is 0 Å². The third kappa shape index (κ3) is 4.50. The van der Waals surface area contributed by atoms with Crippen LogP contribution in [-0.4, -0.2) is 40.7 Å². The molecule has 1 saturated carbocycles. The molecule has 1 saturated heterocycles. The van der Waals surface area contributed by atoms with Gasteiger partial charge in [-0.05, 0) is 31.9 Å². The number of amides is 1. The number of likely N-dealkylation sites (tertiary alicyclic amines) is 1. The highest BCUT2D eigenvalue weighted by atomic mass is 16.5. The molecule has 0 bridgehead atoms. The van der Waals surface area contributed by atoms with Crippen LogP contribution in [0.15, 0.2) is 24.3 Å². The summed E-state index contributed by atoms with van der Waals surface area (Å²) in [4.78, 5) is 14.4. The Balaban J connectivity index is 1.46. The third-order valence-electron chi connectivity index (χ3n) is 5.38. The lowest BCUT2D eigenvalue weighted by Gasteiger charge is -2.36. The zero-order valence-electron chi connectivity index (χ0n) is 14.7. The highest BCUT2D eigenvalue weighted by Crippen LogP contribution is 2.31. The number of rotatable bonds is 4. The number of nitrogens with zero attached hydrogens (tertiary/aromatic N) is 1. The van der Waals surface area contributed by atoms with E-state index in [1.54, 1.807) is 0 Å². The molecular weight excluding hydrogens is 302 g/mol. The molecule has 1 aliphatic heterocycles. The van der Waals surface area contributed by atoms with E-state index in [2.05, 4.69) is 19.1 Å². The Morgan fingerprint density at radius 1 is 1.17 bits per heavy atom. The smallest absolute Gasteiger partial charge is 0.225 e. The van der Waals surface area contributed by atoms with Gasteiger partial charge in [0.25, 0.3) is 0 Å². The van der Waals surface area contributed by atoms with Crippen molar-refractivity contribution in [3.05, 3.63) is 29.8 Å². The first kappa shape index (κ1) is 17.3. The molecule has 1 aromatic rings. The molecule has 1 N–H and O–H groups in total. The van der Waals surface area contributed by atoms with Crippen LogP contribution in [-0.2, 0) is 4.79 Å². The van der Waals surface area contributed by atoms with E-state index in [1.165, 1.54) is 12.0 Å². The predicted octanol–water partition coefficient (Wildman–Crippen LogP) is 3.45. The largest absolute Gasteiger partial charge is 0.490 e. The maximum absolute atomic E-state index is 12.5. The fourth-order valence-electron chi connectivity index (χ4n) is 3.81. The first-order valence-electron chi connectivity index (χ1n) is 9.28. The van der Waals surface area contributed by atoms with Gasteiger partial charge in [0.2, 0.25) is 5.91 Å². The Labute approximate surface area is 144 Å². The van der Waals surface area contributed by atoms with Crippen molar-refractivity contribution >= 4 is 5.91 Å². The molecule has 4 nitrogen and oxygen atoms in total. The lowest BCUT2D eigenvalue weighted by atomic mass is 9.82.